The van der Waals surface area contributed by atoms with E-state index in [4.69, 9.17) is 0 Å². The summed E-state index contributed by atoms with van der Waals surface area (Å²) in [6.45, 7) is 1.63. The Bertz CT molecular complexity index is 632. The summed E-state index contributed by atoms with van der Waals surface area (Å²) in [6.07, 6.45) is 3.28. The minimum absolute atomic E-state index is 0.00389. The van der Waals surface area contributed by atoms with Gasteiger partial charge in [-0.15, -0.1) is 0 Å². The summed E-state index contributed by atoms with van der Waals surface area (Å²) in [5, 5.41) is 5.79. The van der Waals surface area contributed by atoms with Crippen molar-refractivity contribution in [3.8, 4) is 0 Å². The van der Waals surface area contributed by atoms with Crippen molar-refractivity contribution in [1.82, 2.24) is 10.2 Å². The van der Waals surface area contributed by atoms with Crippen molar-refractivity contribution >= 4 is 16.7 Å². The number of rotatable bonds is 3. The van der Waals surface area contributed by atoms with Crippen LogP contribution in [0.5, 0.6) is 0 Å². The number of nitrogens with one attached hydrogen (secondary N) is 1. The van der Waals surface area contributed by atoms with Gasteiger partial charge >= 0.3 is 0 Å². The highest BCUT2D eigenvalue weighted by Crippen LogP contribution is 2.17. The van der Waals surface area contributed by atoms with Crippen LogP contribution in [-0.4, -0.2) is 30.4 Å². The maximum Gasteiger partial charge on any atom is 0.239 e. The molecule has 0 spiro atoms. The molecule has 1 N–H and O–H groups in total. The van der Waals surface area contributed by atoms with E-state index in [2.05, 4.69) is 35.6 Å². The molecule has 0 saturated carbocycles. The number of carbonyl (C=O) groups excluding carboxylic acids is 1. The maximum atomic E-state index is 12.4. The number of hydrogen-bond acceptors (Lipinski definition) is 2. The minimum atomic E-state index is 0.00389. The molecule has 21 heavy (non-hydrogen) atoms. The van der Waals surface area contributed by atoms with Gasteiger partial charge in [-0.3, -0.25) is 4.79 Å². The Morgan fingerprint density at radius 2 is 2.00 bits per heavy atom. The summed E-state index contributed by atoms with van der Waals surface area (Å²) < 4.78 is 0. The summed E-state index contributed by atoms with van der Waals surface area (Å²) in [4.78, 5) is 14.3. The SMILES string of the molecule is CN(Cc1ccc2ccccc2c1)C(=O)[C@@H]1CCCCN1. The van der Waals surface area contributed by atoms with Gasteiger partial charge in [-0.1, -0.05) is 42.8 Å². The largest absolute Gasteiger partial charge is 0.340 e. The number of amides is 1. The highest BCUT2D eigenvalue weighted by Gasteiger charge is 2.23. The lowest BCUT2D eigenvalue weighted by atomic mass is 10.0. The number of nitrogens with zero attached hydrogens (tertiary/aromatic N) is 1. The van der Waals surface area contributed by atoms with E-state index >= 15 is 0 Å². The van der Waals surface area contributed by atoms with Crippen molar-refractivity contribution in [2.75, 3.05) is 13.6 Å². The first-order valence-electron chi connectivity index (χ1n) is 7.70. The molecule has 1 fully saturated rings. The topological polar surface area (TPSA) is 32.3 Å². The molecule has 3 heteroatoms. The Morgan fingerprint density at radius 1 is 1.19 bits per heavy atom. The van der Waals surface area contributed by atoms with Gasteiger partial charge in [0, 0.05) is 13.6 Å². The smallest absolute Gasteiger partial charge is 0.239 e. The highest BCUT2D eigenvalue weighted by molar-refractivity contribution is 5.84. The van der Waals surface area contributed by atoms with E-state index in [1.165, 1.54) is 22.8 Å². The molecule has 1 amide bonds. The molecule has 0 radical (unpaired) electrons. The van der Waals surface area contributed by atoms with Crippen LogP contribution in [0.4, 0.5) is 0 Å². The molecule has 1 atom stereocenters. The lowest BCUT2D eigenvalue weighted by Crippen LogP contribution is -2.46. The predicted molar refractivity (Wildman–Crippen MR) is 86.1 cm³/mol. The maximum absolute atomic E-state index is 12.4. The number of likely N-dealkylation sites (N-methyl/N-ethyl adjacent to an activating group) is 1. The second-order valence-electron chi connectivity index (χ2n) is 5.88. The van der Waals surface area contributed by atoms with E-state index in [1.807, 2.05) is 24.1 Å². The van der Waals surface area contributed by atoms with Gasteiger partial charge in [0.2, 0.25) is 5.91 Å². The third-order valence-corrected chi connectivity index (χ3v) is 4.22. The summed E-state index contributed by atoms with van der Waals surface area (Å²) in [5.41, 5.74) is 1.18. The van der Waals surface area contributed by atoms with Gasteiger partial charge in [-0.25, -0.2) is 0 Å². The van der Waals surface area contributed by atoms with E-state index in [0.717, 1.165) is 19.4 Å². The minimum Gasteiger partial charge on any atom is -0.340 e. The van der Waals surface area contributed by atoms with E-state index in [9.17, 15) is 4.79 Å². The lowest BCUT2D eigenvalue weighted by molar-refractivity contribution is -0.133. The van der Waals surface area contributed by atoms with Crippen molar-refractivity contribution in [1.29, 1.82) is 0 Å². The second-order valence-corrected chi connectivity index (χ2v) is 5.88. The molecule has 3 rings (SSSR count). The van der Waals surface area contributed by atoms with Crippen LogP contribution in [0.1, 0.15) is 24.8 Å². The first-order chi connectivity index (χ1) is 10.2. The standard InChI is InChI=1S/C18H22N2O/c1-20(18(21)17-8-4-5-11-19-17)13-14-9-10-15-6-2-3-7-16(15)12-14/h2-3,6-7,9-10,12,17,19H,4-5,8,11,13H2,1H3/t17-/m0/s1. The van der Waals surface area contributed by atoms with Crippen LogP contribution >= 0.6 is 0 Å². The first kappa shape index (κ1) is 14.1. The zero-order chi connectivity index (χ0) is 14.7. The molecule has 1 aliphatic heterocycles. The first-order valence-corrected chi connectivity index (χ1v) is 7.70. The summed E-state index contributed by atoms with van der Waals surface area (Å²) in [6, 6.07) is 14.7. The molecule has 2 aromatic carbocycles. The molecule has 2 aromatic rings. The number of benzene rings is 2. The van der Waals surface area contributed by atoms with Crippen LogP contribution < -0.4 is 5.32 Å². The number of carbonyl (C=O) groups is 1. The Hall–Kier alpha value is -1.87. The fourth-order valence-corrected chi connectivity index (χ4v) is 3.02. The molecule has 0 bridgehead atoms. The fourth-order valence-electron chi connectivity index (χ4n) is 3.02. The van der Waals surface area contributed by atoms with Crippen molar-refractivity contribution in [2.24, 2.45) is 0 Å². The Balaban J connectivity index is 1.70. The van der Waals surface area contributed by atoms with Gasteiger partial charge in [-0.2, -0.15) is 0 Å². The third kappa shape index (κ3) is 3.24. The zero-order valence-electron chi connectivity index (χ0n) is 12.5. The molecule has 1 aliphatic rings. The molecule has 0 aliphatic carbocycles. The average Bonchev–Trinajstić information content (AvgIpc) is 2.55. The van der Waals surface area contributed by atoms with Gasteiger partial charge < -0.3 is 10.2 Å². The van der Waals surface area contributed by atoms with E-state index in [1.54, 1.807) is 0 Å². The number of fused-ring (bicyclic) bond motifs is 1. The monoisotopic (exact) mass is 282 g/mol. The molecule has 1 heterocycles. The second kappa shape index (κ2) is 6.27. The summed E-state index contributed by atoms with van der Waals surface area (Å²) in [7, 11) is 1.90. The fraction of sp³-hybridized carbons (Fsp3) is 0.389. The molecular weight excluding hydrogens is 260 g/mol. The van der Waals surface area contributed by atoms with Gasteiger partial charge in [0.25, 0.3) is 0 Å². The van der Waals surface area contributed by atoms with Crippen molar-refractivity contribution < 1.29 is 4.79 Å². The molecular formula is C18H22N2O. The van der Waals surface area contributed by atoms with Crippen molar-refractivity contribution in [3.63, 3.8) is 0 Å². The number of piperidine rings is 1. The average molecular weight is 282 g/mol. The van der Waals surface area contributed by atoms with E-state index in [-0.39, 0.29) is 11.9 Å². The molecule has 110 valence electrons. The number of hydrogen-bond donors (Lipinski definition) is 1. The van der Waals surface area contributed by atoms with Crippen molar-refractivity contribution in [2.45, 2.75) is 31.8 Å². The van der Waals surface area contributed by atoms with Gasteiger partial charge in [-0.05, 0) is 41.8 Å². The van der Waals surface area contributed by atoms with E-state index in [0.29, 0.717) is 6.54 Å². The summed E-state index contributed by atoms with van der Waals surface area (Å²) >= 11 is 0. The van der Waals surface area contributed by atoms with Crippen molar-refractivity contribution in [3.05, 3.63) is 48.0 Å². The quantitative estimate of drug-likeness (QED) is 0.938. The molecule has 0 unspecified atom stereocenters. The lowest BCUT2D eigenvalue weighted by Gasteiger charge is -2.27. The van der Waals surface area contributed by atoms with E-state index < -0.39 is 0 Å². The normalized spacial score (nSPS) is 18.6. The van der Waals surface area contributed by atoms with Crippen LogP contribution in [-0.2, 0) is 11.3 Å². The molecule has 3 nitrogen and oxygen atoms in total. The Labute approximate surface area is 125 Å². The summed E-state index contributed by atoms with van der Waals surface area (Å²) in [5.74, 6) is 0.211. The Kier molecular flexibility index (Phi) is 4.20. The van der Waals surface area contributed by atoms with Crippen LogP contribution in [0.15, 0.2) is 42.5 Å². The van der Waals surface area contributed by atoms with Crippen LogP contribution in [0, 0.1) is 0 Å². The highest BCUT2D eigenvalue weighted by atomic mass is 16.2. The van der Waals surface area contributed by atoms with Gasteiger partial charge in [0.05, 0.1) is 6.04 Å². The van der Waals surface area contributed by atoms with Crippen LogP contribution in [0.2, 0.25) is 0 Å². The molecule has 0 aromatic heterocycles. The van der Waals surface area contributed by atoms with Gasteiger partial charge in [0.1, 0.15) is 0 Å². The zero-order valence-corrected chi connectivity index (χ0v) is 12.5. The Morgan fingerprint density at radius 3 is 2.76 bits per heavy atom. The van der Waals surface area contributed by atoms with Crippen LogP contribution in [0.25, 0.3) is 10.8 Å². The molecule has 1 saturated heterocycles. The van der Waals surface area contributed by atoms with Gasteiger partial charge in [0.15, 0.2) is 0 Å². The predicted octanol–water partition coefficient (Wildman–Crippen LogP) is 2.94. The van der Waals surface area contributed by atoms with Crippen LogP contribution in [0.3, 0.4) is 0 Å². The third-order valence-electron chi connectivity index (χ3n) is 4.22.